The van der Waals surface area contributed by atoms with Gasteiger partial charge in [0.1, 0.15) is 17.5 Å². The molecule has 0 amide bonds. The third-order valence-corrected chi connectivity index (χ3v) is 5.35. The first-order chi connectivity index (χ1) is 14.6. The molecule has 1 aliphatic heterocycles. The smallest absolute Gasteiger partial charge is 0.165 e. The molecule has 1 unspecified atom stereocenters. The number of nitrogens with one attached hydrogen (secondary N) is 1. The monoisotopic (exact) mass is 410 g/mol. The van der Waals surface area contributed by atoms with Gasteiger partial charge in [0.25, 0.3) is 0 Å². The van der Waals surface area contributed by atoms with E-state index in [1.807, 2.05) is 10.9 Å². The summed E-state index contributed by atoms with van der Waals surface area (Å²) in [5, 5.41) is 12.0. The topological polar surface area (TPSA) is 69.3 Å². The van der Waals surface area contributed by atoms with Crippen LogP contribution in [0.2, 0.25) is 0 Å². The molecule has 1 aromatic carbocycles. The first-order valence-corrected chi connectivity index (χ1v) is 9.76. The summed E-state index contributed by atoms with van der Waals surface area (Å²) in [5.41, 5.74) is 2.64. The zero-order valence-electron chi connectivity index (χ0n) is 16.3. The van der Waals surface area contributed by atoms with Crippen molar-refractivity contribution in [3.63, 3.8) is 0 Å². The fraction of sp³-hybridized carbons (Fsp3) is 0.286. The van der Waals surface area contributed by atoms with E-state index in [4.69, 9.17) is 4.74 Å². The number of fused-ring (bicyclic) bond motifs is 1. The van der Waals surface area contributed by atoms with Gasteiger partial charge < -0.3 is 10.1 Å². The van der Waals surface area contributed by atoms with E-state index < -0.39 is 17.7 Å². The van der Waals surface area contributed by atoms with Gasteiger partial charge in [-0.3, -0.25) is 4.68 Å². The Bertz CT molecular complexity index is 1200. The van der Waals surface area contributed by atoms with Gasteiger partial charge in [0.05, 0.1) is 31.1 Å². The molecule has 30 heavy (non-hydrogen) atoms. The number of aromatic nitrogens is 5. The van der Waals surface area contributed by atoms with Crippen LogP contribution in [-0.2, 0) is 4.74 Å². The molecule has 0 bridgehead atoms. The Labute approximate surface area is 171 Å². The minimum atomic E-state index is -0.480. The first kappa shape index (κ1) is 18.7. The number of anilines is 1. The summed E-state index contributed by atoms with van der Waals surface area (Å²) < 4.78 is 36.6. The molecule has 0 aliphatic carbocycles. The van der Waals surface area contributed by atoms with Crippen LogP contribution >= 0.6 is 0 Å². The van der Waals surface area contributed by atoms with Gasteiger partial charge in [0, 0.05) is 35.7 Å². The number of halogens is 2. The maximum absolute atomic E-state index is 14.1. The molecule has 4 aromatic rings. The summed E-state index contributed by atoms with van der Waals surface area (Å²) in [6.45, 7) is 3.17. The van der Waals surface area contributed by atoms with Crippen molar-refractivity contribution in [2.45, 2.75) is 25.4 Å². The number of ether oxygens (including phenoxy) is 1. The van der Waals surface area contributed by atoms with E-state index in [1.54, 1.807) is 36.1 Å². The molecule has 3 aromatic heterocycles. The summed E-state index contributed by atoms with van der Waals surface area (Å²) >= 11 is 0. The second-order valence-corrected chi connectivity index (χ2v) is 7.40. The molecular weight excluding hydrogens is 390 g/mol. The fourth-order valence-electron chi connectivity index (χ4n) is 3.71. The third-order valence-electron chi connectivity index (χ3n) is 5.35. The quantitative estimate of drug-likeness (QED) is 0.539. The molecule has 1 fully saturated rings. The molecule has 154 valence electrons. The average molecular weight is 410 g/mol. The highest BCUT2D eigenvalue weighted by Crippen LogP contribution is 2.27. The normalized spacial score (nSPS) is 17.5. The fourth-order valence-corrected chi connectivity index (χ4v) is 3.71. The van der Waals surface area contributed by atoms with Crippen LogP contribution < -0.4 is 5.32 Å². The summed E-state index contributed by atoms with van der Waals surface area (Å²) in [6.07, 6.45) is 8.23. The van der Waals surface area contributed by atoms with Crippen molar-refractivity contribution in [2.75, 3.05) is 18.5 Å². The Morgan fingerprint density at radius 2 is 2.10 bits per heavy atom. The van der Waals surface area contributed by atoms with Gasteiger partial charge >= 0.3 is 0 Å². The molecule has 0 saturated carbocycles. The second-order valence-electron chi connectivity index (χ2n) is 7.40. The standard InChI is InChI=1S/C21H20F2N6O/c1-13(17-8-15(22)2-3-19(17)23)26-20-4-6-28-21(27-20)18(10-25-28)14-9-24-29(11-14)16-5-7-30-12-16/h2-4,6,8-11,13,16H,5,7,12H2,1H3,(H,26,27)/t13-,16?/m1/s1. The number of benzene rings is 1. The van der Waals surface area contributed by atoms with Crippen LogP contribution in [0.3, 0.4) is 0 Å². The summed E-state index contributed by atoms with van der Waals surface area (Å²) in [5.74, 6) is -0.408. The van der Waals surface area contributed by atoms with Gasteiger partial charge in [0.15, 0.2) is 5.65 Å². The van der Waals surface area contributed by atoms with Crippen LogP contribution in [0.4, 0.5) is 14.6 Å². The number of nitrogens with zero attached hydrogens (tertiary/aromatic N) is 5. The first-order valence-electron chi connectivity index (χ1n) is 9.76. The molecule has 1 saturated heterocycles. The number of rotatable bonds is 5. The second kappa shape index (κ2) is 7.49. The van der Waals surface area contributed by atoms with Gasteiger partial charge in [-0.25, -0.2) is 18.3 Å². The van der Waals surface area contributed by atoms with E-state index in [9.17, 15) is 8.78 Å². The zero-order chi connectivity index (χ0) is 20.7. The zero-order valence-corrected chi connectivity index (χ0v) is 16.3. The number of hydrogen-bond donors (Lipinski definition) is 1. The van der Waals surface area contributed by atoms with Crippen LogP contribution in [0.15, 0.2) is 49.1 Å². The molecule has 0 radical (unpaired) electrons. The molecule has 4 heterocycles. The molecule has 5 rings (SSSR count). The van der Waals surface area contributed by atoms with Crippen molar-refractivity contribution < 1.29 is 13.5 Å². The number of hydrogen-bond acceptors (Lipinski definition) is 5. The van der Waals surface area contributed by atoms with E-state index in [1.165, 1.54) is 6.07 Å². The molecule has 7 nitrogen and oxygen atoms in total. The highest BCUT2D eigenvalue weighted by molar-refractivity contribution is 5.76. The Kier molecular flexibility index (Phi) is 4.66. The minimum Gasteiger partial charge on any atom is -0.379 e. The third kappa shape index (κ3) is 3.41. The van der Waals surface area contributed by atoms with Crippen molar-refractivity contribution in [3.8, 4) is 11.1 Å². The van der Waals surface area contributed by atoms with Gasteiger partial charge in [-0.2, -0.15) is 10.2 Å². The van der Waals surface area contributed by atoms with Gasteiger partial charge in [-0.15, -0.1) is 0 Å². The van der Waals surface area contributed by atoms with Gasteiger partial charge in [-0.1, -0.05) is 0 Å². The lowest BCUT2D eigenvalue weighted by Gasteiger charge is -2.16. The van der Waals surface area contributed by atoms with Crippen LogP contribution in [0, 0.1) is 11.6 Å². The predicted molar refractivity (Wildman–Crippen MR) is 107 cm³/mol. The maximum Gasteiger partial charge on any atom is 0.165 e. The Morgan fingerprint density at radius 1 is 1.20 bits per heavy atom. The van der Waals surface area contributed by atoms with Crippen LogP contribution in [0.1, 0.15) is 31.0 Å². The van der Waals surface area contributed by atoms with E-state index in [2.05, 4.69) is 20.5 Å². The van der Waals surface area contributed by atoms with E-state index in [0.29, 0.717) is 18.1 Å². The van der Waals surface area contributed by atoms with Crippen LogP contribution in [-0.4, -0.2) is 37.6 Å². The van der Waals surface area contributed by atoms with Crippen LogP contribution in [0.5, 0.6) is 0 Å². The lowest BCUT2D eigenvalue weighted by molar-refractivity contribution is 0.184. The van der Waals surface area contributed by atoms with E-state index in [-0.39, 0.29) is 11.6 Å². The summed E-state index contributed by atoms with van der Waals surface area (Å²) in [7, 11) is 0. The molecule has 1 aliphatic rings. The highest BCUT2D eigenvalue weighted by atomic mass is 19.1. The molecular formula is C21H20F2N6O. The summed E-state index contributed by atoms with van der Waals surface area (Å²) in [4.78, 5) is 4.65. The van der Waals surface area contributed by atoms with Crippen LogP contribution in [0.25, 0.3) is 16.8 Å². The predicted octanol–water partition coefficient (Wildman–Crippen LogP) is 4.01. The molecule has 9 heteroatoms. The van der Waals surface area contributed by atoms with Gasteiger partial charge in [0.2, 0.25) is 0 Å². The van der Waals surface area contributed by atoms with Crippen molar-refractivity contribution in [1.29, 1.82) is 0 Å². The van der Waals surface area contributed by atoms with E-state index >= 15 is 0 Å². The average Bonchev–Trinajstić information content (AvgIpc) is 3.49. The SMILES string of the molecule is C[C@@H](Nc1ccn2ncc(-c3cnn(C4CCOC4)c3)c2n1)c1cc(F)ccc1F. The Hall–Kier alpha value is -3.33. The molecule has 1 N–H and O–H groups in total. The van der Waals surface area contributed by atoms with Gasteiger partial charge in [-0.05, 0) is 37.6 Å². The highest BCUT2D eigenvalue weighted by Gasteiger charge is 2.20. The van der Waals surface area contributed by atoms with Crippen molar-refractivity contribution in [2.24, 2.45) is 0 Å². The van der Waals surface area contributed by atoms with Crippen molar-refractivity contribution >= 4 is 11.5 Å². The Balaban J connectivity index is 1.44. The van der Waals surface area contributed by atoms with Crippen molar-refractivity contribution in [1.82, 2.24) is 24.4 Å². The minimum absolute atomic E-state index is 0.241. The maximum atomic E-state index is 14.1. The van der Waals surface area contributed by atoms with Crippen molar-refractivity contribution in [3.05, 3.63) is 66.3 Å². The van der Waals surface area contributed by atoms with E-state index in [0.717, 1.165) is 36.3 Å². The molecule has 2 atom stereocenters. The lowest BCUT2D eigenvalue weighted by atomic mass is 10.1. The Morgan fingerprint density at radius 3 is 2.93 bits per heavy atom. The summed E-state index contributed by atoms with van der Waals surface area (Å²) in [6, 6.07) is 4.95. The largest absolute Gasteiger partial charge is 0.379 e. The lowest BCUT2D eigenvalue weighted by Crippen LogP contribution is -2.10. The molecule has 0 spiro atoms.